The van der Waals surface area contributed by atoms with E-state index in [9.17, 15) is 0 Å². The van der Waals surface area contributed by atoms with Crippen molar-refractivity contribution in [3.63, 3.8) is 0 Å². The van der Waals surface area contributed by atoms with Gasteiger partial charge in [0.25, 0.3) is 0 Å². The van der Waals surface area contributed by atoms with Gasteiger partial charge in [0.05, 0.1) is 0 Å². The Morgan fingerprint density at radius 2 is 1.68 bits per heavy atom. The van der Waals surface area contributed by atoms with Crippen LogP contribution in [0, 0.1) is 20.8 Å². The van der Waals surface area contributed by atoms with Crippen molar-refractivity contribution < 1.29 is 0 Å². The Morgan fingerprint density at radius 3 is 2.41 bits per heavy atom. The molecule has 0 spiro atoms. The molecule has 1 aliphatic rings. The molecule has 0 saturated carbocycles. The van der Waals surface area contributed by atoms with E-state index in [0.717, 1.165) is 36.2 Å². The molecule has 1 aromatic carbocycles. The van der Waals surface area contributed by atoms with E-state index in [1.807, 2.05) is 6.92 Å². The van der Waals surface area contributed by atoms with E-state index >= 15 is 0 Å². The summed E-state index contributed by atoms with van der Waals surface area (Å²) in [5.74, 6) is 2.73. The van der Waals surface area contributed by atoms with Gasteiger partial charge in [-0.25, -0.2) is 9.97 Å². The molecule has 3 rings (SSSR count). The summed E-state index contributed by atoms with van der Waals surface area (Å²) in [6, 6.07) is 8.46. The van der Waals surface area contributed by atoms with Crippen LogP contribution in [0.25, 0.3) is 0 Å². The summed E-state index contributed by atoms with van der Waals surface area (Å²) in [4.78, 5) is 11.5. The number of aryl methyl sites for hydroxylation is 3. The second-order valence-corrected chi connectivity index (χ2v) is 6.13. The molecule has 1 N–H and O–H groups in total. The van der Waals surface area contributed by atoms with E-state index < -0.39 is 0 Å². The molecule has 0 bridgehead atoms. The zero-order chi connectivity index (χ0) is 15.5. The molecule has 1 saturated heterocycles. The molecule has 0 atom stereocenters. The maximum atomic E-state index is 4.61. The number of hydrogen-bond donors (Lipinski definition) is 1. The summed E-state index contributed by atoms with van der Waals surface area (Å²) in [5, 5.41) is 3.41. The van der Waals surface area contributed by atoms with Crippen molar-refractivity contribution in [3.8, 4) is 0 Å². The number of piperidine rings is 1. The summed E-state index contributed by atoms with van der Waals surface area (Å²) in [6.45, 7) is 8.41. The Balaban J connectivity index is 1.83. The average molecular weight is 296 g/mol. The molecular weight excluding hydrogens is 272 g/mol. The topological polar surface area (TPSA) is 41.1 Å². The minimum atomic E-state index is 0.814. The van der Waals surface area contributed by atoms with Crippen molar-refractivity contribution in [1.29, 1.82) is 0 Å². The molecule has 4 heteroatoms. The Morgan fingerprint density at radius 1 is 0.909 bits per heavy atom. The first-order valence-electron chi connectivity index (χ1n) is 8.07. The molecule has 0 aliphatic carbocycles. The number of benzene rings is 1. The lowest BCUT2D eigenvalue weighted by Gasteiger charge is -2.28. The van der Waals surface area contributed by atoms with E-state index in [1.54, 1.807) is 0 Å². The highest BCUT2D eigenvalue weighted by molar-refractivity contribution is 5.61. The first-order chi connectivity index (χ1) is 10.6. The predicted molar refractivity (Wildman–Crippen MR) is 92.0 cm³/mol. The molecule has 1 aliphatic heterocycles. The highest BCUT2D eigenvalue weighted by Gasteiger charge is 2.14. The van der Waals surface area contributed by atoms with Gasteiger partial charge in [-0.15, -0.1) is 0 Å². The number of hydrogen-bond acceptors (Lipinski definition) is 4. The number of nitrogens with one attached hydrogen (secondary N) is 1. The van der Waals surface area contributed by atoms with Gasteiger partial charge in [-0.2, -0.15) is 0 Å². The van der Waals surface area contributed by atoms with Crippen LogP contribution in [0.4, 0.5) is 17.3 Å². The monoisotopic (exact) mass is 296 g/mol. The summed E-state index contributed by atoms with van der Waals surface area (Å²) in [6.07, 6.45) is 3.83. The Labute approximate surface area is 132 Å². The number of anilines is 3. The first kappa shape index (κ1) is 14.8. The van der Waals surface area contributed by atoms with Crippen LogP contribution < -0.4 is 10.2 Å². The lowest BCUT2D eigenvalue weighted by Crippen LogP contribution is -2.30. The van der Waals surface area contributed by atoms with Crippen LogP contribution in [-0.4, -0.2) is 23.1 Å². The van der Waals surface area contributed by atoms with Gasteiger partial charge in [0.15, 0.2) is 0 Å². The largest absolute Gasteiger partial charge is 0.356 e. The molecular formula is C18H24N4. The van der Waals surface area contributed by atoms with E-state index in [4.69, 9.17) is 0 Å². The zero-order valence-corrected chi connectivity index (χ0v) is 13.7. The standard InChI is InChI=1S/C18H24N4/c1-13-7-8-16(11-14(13)2)21-17-12-18(20-15(3)19-17)22-9-5-4-6-10-22/h7-8,11-12H,4-6,9-10H2,1-3H3,(H,19,20,21). The maximum Gasteiger partial charge on any atom is 0.136 e. The quantitative estimate of drug-likeness (QED) is 0.924. The Bertz CT molecular complexity index is 660. The van der Waals surface area contributed by atoms with Crippen molar-refractivity contribution in [3.05, 3.63) is 41.2 Å². The fourth-order valence-electron chi connectivity index (χ4n) is 2.87. The van der Waals surface area contributed by atoms with Crippen molar-refractivity contribution in [1.82, 2.24) is 9.97 Å². The maximum absolute atomic E-state index is 4.61. The van der Waals surface area contributed by atoms with E-state index in [-0.39, 0.29) is 0 Å². The molecule has 22 heavy (non-hydrogen) atoms. The van der Waals surface area contributed by atoms with Crippen molar-refractivity contribution in [2.24, 2.45) is 0 Å². The molecule has 0 amide bonds. The molecule has 116 valence electrons. The van der Waals surface area contributed by atoms with Crippen LogP contribution in [0.5, 0.6) is 0 Å². The van der Waals surface area contributed by atoms with Crippen LogP contribution in [-0.2, 0) is 0 Å². The molecule has 1 fully saturated rings. The number of aromatic nitrogens is 2. The lowest BCUT2D eigenvalue weighted by atomic mass is 10.1. The molecule has 1 aromatic heterocycles. The SMILES string of the molecule is Cc1nc(Nc2ccc(C)c(C)c2)cc(N2CCCCC2)n1. The van der Waals surface area contributed by atoms with Gasteiger partial charge in [0, 0.05) is 24.8 Å². The minimum absolute atomic E-state index is 0.814. The third-order valence-electron chi connectivity index (χ3n) is 4.28. The van der Waals surface area contributed by atoms with Gasteiger partial charge in [-0.3, -0.25) is 0 Å². The molecule has 4 nitrogen and oxygen atoms in total. The smallest absolute Gasteiger partial charge is 0.136 e. The molecule has 0 radical (unpaired) electrons. The van der Waals surface area contributed by atoms with Gasteiger partial charge in [0.1, 0.15) is 17.5 Å². The van der Waals surface area contributed by atoms with E-state index in [2.05, 4.69) is 58.3 Å². The fourth-order valence-corrected chi connectivity index (χ4v) is 2.87. The van der Waals surface area contributed by atoms with Crippen molar-refractivity contribution >= 4 is 17.3 Å². The van der Waals surface area contributed by atoms with Crippen molar-refractivity contribution in [2.45, 2.75) is 40.0 Å². The normalized spacial score (nSPS) is 15.0. The van der Waals surface area contributed by atoms with Gasteiger partial charge in [0.2, 0.25) is 0 Å². The number of rotatable bonds is 3. The molecule has 2 aromatic rings. The first-order valence-corrected chi connectivity index (χ1v) is 8.07. The van der Waals surface area contributed by atoms with Gasteiger partial charge < -0.3 is 10.2 Å². The van der Waals surface area contributed by atoms with Crippen molar-refractivity contribution in [2.75, 3.05) is 23.3 Å². The lowest BCUT2D eigenvalue weighted by molar-refractivity contribution is 0.572. The van der Waals surface area contributed by atoms with Crippen LogP contribution in [0.3, 0.4) is 0 Å². The second kappa shape index (κ2) is 6.34. The third kappa shape index (κ3) is 3.38. The second-order valence-electron chi connectivity index (χ2n) is 6.13. The van der Waals surface area contributed by atoms with Crippen LogP contribution >= 0.6 is 0 Å². The van der Waals surface area contributed by atoms with E-state index in [0.29, 0.717) is 0 Å². The van der Waals surface area contributed by atoms with E-state index in [1.165, 1.54) is 30.4 Å². The Hall–Kier alpha value is -2.10. The average Bonchev–Trinajstić information content (AvgIpc) is 2.51. The highest BCUT2D eigenvalue weighted by Crippen LogP contribution is 2.23. The summed E-state index contributed by atoms with van der Waals surface area (Å²) >= 11 is 0. The molecule has 0 unspecified atom stereocenters. The number of nitrogens with zero attached hydrogens (tertiary/aromatic N) is 3. The summed E-state index contributed by atoms with van der Waals surface area (Å²) in [5.41, 5.74) is 3.66. The van der Waals surface area contributed by atoms with Crippen LogP contribution in [0.1, 0.15) is 36.2 Å². The highest BCUT2D eigenvalue weighted by atomic mass is 15.2. The van der Waals surface area contributed by atoms with Gasteiger partial charge in [-0.1, -0.05) is 6.07 Å². The molecule has 2 heterocycles. The minimum Gasteiger partial charge on any atom is -0.356 e. The zero-order valence-electron chi connectivity index (χ0n) is 13.7. The summed E-state index contributed by atoms with van der Waals surface area (Å²) < 4.78 is 0. The van der Waals surface area contributed by atoms with Crippen LogP contribution in [0.15, 0.2) is 24.3 Å². The van der Waals surface area contributed by atoms with Gasteiger partial charge in [-0.05, 0) is 63.3 Å². The van der Waals surface area contributed by atoms with Gasteiger partial charge >= 0.3 is 0 Å². The summed E-state index contributed by atoms with van der Waals surface area (Å²) in [7, 11) is 0. The van der Waals surface area contributed by atoms with Crippen LogP contribution in [0.2, 0.25) is 0 Å². The fraction of sp³-hybridized carbons (Fsp3) is 0.444. The third-order valence-corrected chi connectivity index (χ3v) is 4.28. The Kier molecular flexibility index (Phi) is 4.27. The predicted octanol–water partition coefficient (Wildman–Crippen LogP) is 4.14.